The summed E-state index contributed by atoms with van der Waals surface area (Å²) >= 11 is 0. The standard InChI is InChI=1S/C29H42N6O/c1-18-11-19(2)32-27(36)23(18)16-30-15-20-12-25(21-13-28(3,4)34-29(5,6)14-21)33-26-24(20)17-31-35(26)22-9-7-8-10-22/h11-12,17,21-22,30,34H,7-10,13-16H2,1-6H3,(H,32,36). The molecule has 36 heavy (non-hydrogen) atoms. The van der Waals surface area contributed by atoms with Gasteiger partial charge in [0.05, 0.1) is 12.2 Å². The number of aromatic amines is 1. The lowest BCUT2D eigenvalue weighted by molar-refractivity contribution is 0.160. The lowest BCUT2D eigenvalue weighted by Crippen LogP contribution is -2.57. The van der Waals surface area contributed by atoms with E-state index >= 15 is 0 Å². The van der Waals surface area contributed by atoms with Crippen molar-refractivity contribution in [3.8, 4) is 0 Å². The molecular weight excluding hydrogens is 448 g/mol. The average molecular weight is 491 g/mol. The van der Waals surface area contributed by atoms with Gasteiger partial charge >= 0.3 is 0 Å². The zero-order valence-corrected chi connectivity index (χ0v) is 22.8. The Morgan fingerprint density at radius 2 is 1.75 bits per heavy atom. The van der Waals surface area contributed by atoms with Crippen LogP contribution in [-0.4, -0.2) is 30.8 Å². The van der Waals surface area contributed by atoms with Crippen molar-refractivity contribution < 1.29 is 0 Å². The number of aryl methyl sites for hydroxylation is 2. The predicted octanol–water partition coefficient (Wildman–Crippen LogP) is 5.17. The van der Waals surface area contributed by atoms with Crippen LogP contribution in [0.2, 0.25) is 0 Å². The monoisotopic (exact) mass is 490 g/mol. The van der Waals surface area contributed by atoms with Crippen LogP contribution in [0.1, 0.15) is 106 Å². The number of hydrogen-bond acceptors (Lipinski definition) is 5. The highest BCUT2D eigenvalue weighted by Gasteiger charge is 2.39. The Labute approximate surface area is 214 Å². The van der Waals surface area contributed by atoms with Crippen LogP contribution in [-0.2, 0) is 13.1 Å². The first-order chi connectivity index (χ1) is 17.0. The van der Waals surface area contributed by atoms with Crippen LogP contribution in [0.15, 0.2) is 23.1 Å². The number of piperidine rings is 1. The number of pyridine rings is 2. The van der Waals surface area contributed by atoms with Crippen molar-refractivity contribution in [2.75, 3.05) is 0 Å². The summed E-state index contributed by atoms with van der Waals surface area (Å²) in [7, 11) is 0. The number of H-pyrrole nitrogens is 1. The van der Waals surface area contributed by atoms with E-state index in [1.807, 2.05) is 26.1 Å². The molecule has 3 aromatic heterocycles. The van der Waals surface area contributed by atoms with Crippen molar-refractivity contribution in [1.82, 2.24) is 30.4 Å². The topological polar surface area (TPSA) is 87.6 Å². The maximum Gasteiger partial charge on any atom is 0.252 e. The van der Waals surface area contributed by atoms with Crippen molar-refractivity contribution >= 4 is 11.0 Å². The second kappa shape index (κ2) is 9.42. The Morgan fingerprint density at radius 3 is 2.42 bits per heavy atom. The van der Waals surface area contributed by atoms with E-state index in [9.17, 15) is 4.79 Å². The smallest absolute Gasteiger partial charge is 0.252 e. The zero-order chi connectivity index (χ0) is 25.7. The third kappa shape index (κ3) is 5.14. The van der Waals surface area contributed by atoms with Crippen LogP contribution in [0.5, 0.6) is 0 Å². The maximum atomic E-state index is 12.5. The van der Waals surface area contributed by atoms with Crippen LogP contribution in [0.4, 0.5) is 0 Å². The molecule has 3 aromatic rings. The minimum absolute atomic E-state index is 0.00575. The summed E-state index contributed by atoms with van der Waals surface area (Å²) in [5, 5.41) is 13.3. The van der Waals surface area contributed by atoms with Gasteiger partial charge in [0.25, 0.3) is 5.56 Å². The van der Waals surface area contributed by atoms with Gasteiger partial charge in [0, 0.05) is 52.4 Å². The fourth-order valence-electron chi connectivity index (χ4n) is 6.83. The van der Waals surface area contributed by atoms with Crippen LogP contribution in [0.3, 0.4) is 0 Å². The van der Waals surface area contributed by atoms with E-state index in [2.05, 4.69) is 54.1 Å². The molecule has 194 valence electrons. The highest BCUT2D eigenvalue weighted by atomic mass is 16.1. The molecule has 0 atom stereocenters. The molecule has 5 rings (SSSR count). The summed E-state index contributed by atoms with van der Waals surface area (Å²) in [6.07, 6.45) is 9.00. The van der Waals surface area contributed by atoms with E-state index < -0.39 is 0 Å². The molecule has 2 fully saturated rings. The Balaban J connectivity index is 1.49. The molecule has 1 saturated carbocycles. The van der Waals surface area contributed by atoms with Crippen LogP contribution in [0, 0.1) is 13.8 Å². The van der Waals surface area contributed by atoms with E-state index in [-0.39, 0.29) is 16.6 Å². The fraction of sp³-hybridized carbons (Fsp3) is 0.621. The van der Waals surface area contributed by atoms with Crippen LogP contribution < -0.4 is 16.2 Å². The highest BCUT2D eigenvalue weighted by Crippen LogP contribution is 2.40. The molecule has 1 aliphatic heterocycles. The van der Waals surface area contributed by atoms with Crippen molar-refractivity contribution in [3.05, 3.63) is 56.8 Å². The van der Waals surface area contributed by atoms with E-state index in [1.54, 1.807) is 0 Å². The molecule has 2 aliphatic rings. The quantitative estimate of drug-likeness (QED) is 0.444. The Kier molecular flexibility index (Phi) is 6.58. The lowest BCUT2D eigenvalue weighted by atomic mass is 9.74. The fourth-order valence-corrected chi connectivity index (χ4v) is 6.83. The van der Waals surface area contributed by atoms with Gasteiger partial charge in [-0.05, 0) is 90.5 Å². The molecule has 4 heterocycles. The van der Waals surface area contributed by atoms with Gasteiger partial charge in [-0.3, -0.25) is 4.79 Å². The first kappa shape index (κ1) is 25.2. The van der Waals surface area contributed by atoms with Gasteiger partial charge in [0.15, 0.2) is 5.65 Å². The summed E-state index contributed by atoms with van der Waals surface area (Å²) in [5.74, 6) is 0.383. The second-order valence-corrected chi connectivity index (χ2v) is 12.5. The van der Waals surface area contributed by atoms with Crippen LogP contribution in [0.25, 0.3) is 11.0 Å². The Morgan fingerprint density at radius 1 is 1.06 bits per heavy atom. The summed E-state index contributed by atoms with van der Waals surface area (Å²) in [6.45, 7) is 14.3. The lowest BCUT2D eigenvalue weighted by Gasteiger charge is -2.46. The summed E-state index contributed by atoms with van der Waals surface area (Å²) in [5.41, 5.74) is 6.24. The number of nitrogens with zero attached hydrogens (tertiary/aromatic N) is 3. The molecule has 0 radical (unpaired) electrons. The number of hydrogen-bond donors (Lipinski definition) is 3. The maximum absolute atomic E-state index is 12.5. The van der Waals surface area contributed by atoms with Gasteiger partial charge in [0.1, 0.15) is 0 Å². The third-order valence-electron chi connectivity index (χ3n) is 8.06. The first-order valence-electron chi connectivity index (χ1n) is 13.6. The normalized spacial score (nSPS) is 20.4. The molecule has 3 N–H and O–H groups in total. The number of nitrogens with one attached hydrogen (secondary N) is 3. The van der Waals surface area contributed by atoms with Crippen molar-refractivity contribution in [1.29, 1.82) is 0 Å². The SMILES string of the molecule is Cc1cc(C)c(CNCc2cc(C3CC(C)(C)NC(C)(C)C3)nc3c2cnn3C2CCCC2)c(=O)[nH]1. The minimum Gasteiger partial charge on any atom is -0.326 e. The second-order valence-electron chi connectivity index (χ2n) is 12.5. The van der Waals surface area contributed by atoms with Gasteiger partial charge in [-0.2, -0.15) is 5.10 Å². The Bertz CT molecular complexity index is 1300. The molecular formula is C29H42N6O. The average Bonchev–Trinajstić information content (AvgIpc) is 3.42. The molecule has 7 heteroatoms. The van der Waals surface area contributed by atoms with E-state index in [0.29, 0.717) is 25.0 Å². The van der Waals surface area contributed by atoms with Crippen molar-refractivity contribution in [2.45, 2.75) is 116 Å². The molecule has 7 nitrogen and oxygen atoms in total. The number of aromatic nitrogens is 4. The highest BCUT2D eigenvalue weighted by molar-refractivity contribution is 5.79. The van der Waals surface area contributed by atoms with E-state index in [4.69, 9.17) is 10.1 Å². The van der Waals surface area contributed by atoms with Crippen LogP contribution >= 0.6 is 0 Å². The molecule has 0 unspecified atom stereocenters. The van der Waals surface area contributed by atoms with E-state index in [0.717, 1.165) is 40.7 Å². The largest absolute Gasteiger partial charge is 0.326 e. The summed E-state index contributed by atoms with van der Waals surface area (Å²) in [6, 6.07) is 4.78. The minimum atomic E-state index is -0.00575. The zero-order valence-electron chi connectivity index (χ0n) is 22.8. The molecule has 1 saturated heterocycles. The Hall–Kier alpha value is -2.51. The molecule has 0 bridgehead atoms. The predicted molar refractivity (Wildman–Crippen MR) is 145 cm³/mol. The van der Waals surface area contributed by atoms with Crippen molar-refractivity contribution in [2.24, 2.45) is 0 Å². The first-order valence-corrected chi connectivity index (χ1v) is 13.6. The van der Waals surface area contributed by atoms with E-state index in [1.165, 1.54) is 36.9 Å². The van der Waals surface area contributed by atoms with Gasteiger partial charge in [-0.15, -0.1) is 0 Å². The number of fused-ring (bicyclic) bond motifs is 1. The summed E-state index contributed by atoms with van der Waals surface area (Å²) in [4.78, 5) is 20.7. The van der Waals surface area contributed by atoms with Gasteiger partial charge < -0.3 is 15.6 Å². The third-order valence-corrected chi connectivity index (χ3v) is 8.06. The molecule has 0 amide bonds. The van der Waals surface area contributed by atoms with Gasteiger partial charge in [-0.1, -0.05) is 12.8 Å². The molecule has 0 spiro atoms. The van der Waals surface area contributed by atoms with Gasteiger partial charge in [-0.25, -0.2) is 9.67 Å². The van der Waals surface area contributed by atoms with Gasteiger partial charge in [0.2, 0.25) is 0 Å². The summed E-state index contributed by atoms with van der Waals surface area (Å²) < 4.78 is 2.20. The van der Waals surface area contributed by atoms with Crippen molar-refractivity contribution in [3.63, 3.8) is 0 Å². The molecule has 1 aliphatic carbocycles. The molecule has 0 aromatic carbocycles. The number of rotatable bonds is 6.